The molecular formula is C34H40N8O3. The molecule has 1 atom stereocenters. The Bertz CT molecular complexity index is 1770. The molecule has 1 aliphatic carbocycles. The van der Waals surface area contributed by atoms with Crippen LogP contribution in [0.3, 0.4) is 0 Å². The minimum absolute atomic E-state index is 0.0448. The van der Waals surface area contributed by atoms with E-state index in [4.69, 9.17) is 20.1 Å². The number of hydrogen-bond donors (Lipinski definition) is 2. The minimum atomic E-state index is -0.538. The van der Waals surface area contributed by atoms with Gasteiger partial charge in [-0.05, 0) is 76.2 Å². The summed E-state index contributed by atoms with van der Waals surface area (Å²) in [4.78, 5) is 24.2. The lowest BCUT2D eigenvalue weighted by molar-refractivity contribution is -0.127. The number of ether oxygens (including phenoxy) is 1. The van der Waals surface area contributed by atoms with Gasteiger partial charge in [0.25, 0.3) is 0 Å². The van der Waals surface area contributed by atoms with Crippen LogP contribution >= 0.6 is 0 Å². The Hall–Kier alpha value is -4.77. The number of amides is 1. The Balaban J connectivity index is 1.16. The Labute approximate surface area is 262 Å². The van der Waals surface area contributed by atoms with Crippen LogP contribution in [-0.2, 0) is 10.2 Å². The summed E-state index contributed by atoms with van der Waals surface area (Å²) in [6.45, 7) is 6.18. The van der Waals surface area contributed by atoms with Crippen molar-refractivity contribution in [3.63, 3.8) is 0 Å². The molecule has 0 bridgehead atoms. The SMILES string of the molecule is CN(C)[C@@H](C(=O)NC1CCC(n2nc(-c3ccc(Oc4ccccc4)cc3)c3c(N)ncnc32)CC1)c1cc(C(C)(C)C)on1. The fraction of sp³-hybridized carbons (Fsp3) is 0.382. The fourth-order valence-electron chi connectivity index (χ4n) is 5.91. The number of rotatable bonds is 8. The first-order valence-electron chi connectivity index (χ1n) is 15.3. The molecule has 5 aromatic rings. The van der Waals surface area contributed by atoms with Crippen LogP contribution in [0.5, 0.6) is 11.5 Å². The van der Waals surface area contributed by atoms with Gasteiger partial charge >= 0.3 is 0 Å². The van der Waals surface area contributed by atoms with Crippen molar-refractivity contribution in [3.8, 4) is 22.8 Å². The van der Waals surface area contributed by atoms with Crippen molar-refractivity contribution in [1.29, 1.82) is 0 Å². The van der Waals surface area contributed by atoms with Crippen molar-refractivity contribution >= 4 is 22.8 Å². The van der Waals surface area contributed by atoms with Crippen LogP contribution in [0, 0.1) is 0 Å². The maximum Gasteiger partial charge on any atom is 0.243 e. The van der Waals surface area contributed by atoms with Gasteiger partial charge in [-0.2, -0.15) is 5.10 Å². The smallest absolute Gasteiger partial charge is 0.243 e. The highest BCUT2D eigenvalue weighted by Gasteiger charge is 2.33. The van der Waals surface area contributed by atoms with Gasteiger partial charge in [-0.1, -0.05) is 44.1 Å². The lowest BCUT2D eigenvalue weighted by Gasteiger charge is -2.31. The number of fused-ring (bicyclic) bond motifs is 1. The first-order chi connectivity index (χ1) is 21.6. The lowest BCUT2D eigenvalue weighted by atomic mass is 9.90. The zero-order chi connectivity index (χ0) is 31.7. The summed E-state index contributed by atoms with van der Waals surface area (Å²) in [5.41, 5.74) is 9.15. The molecule has 0 unspecified atom stereocenters. The van der Waals surface area contributed by atoms with Crippen molar-refractivity contribution in [1.82, 2.24) is 35.1 Å². The normalized spacial score (nSPS) is 17.8. The van der Waals surface area contributed by atoms with E-state index in [1.54, 1.807) is 0 Å². The summed E-state index contributed by atoms with van der Waals surface area (Å²) in [5.74, 6) is 2.57. The molecule has 2 aromatic carbocycles. The maximum atomic E-state index is 13.5. The molecule has 3 aromatic heterocycles. The van der Waals surface area contributed by atoms with Crippen LogP contribution in [0.25, 0.3) is 22.3 Å². The molecule has 0 aliphatic heterocycles. The van der Waals surface area contributed by atoms with Crippen LogP contribution in [0.1, 0.15) is 70.0 Å². The van der Waals surface area contributed by atoms with E-state index >= 15 is 0 Å². The minimum Gasteiger partial charge on any atom is -0.457 e. The van der Waals surface area contributed by atoms with Gasteiger partial charge in [0.15, 0.2) is 5.65 Å². The molecule has 0 spiro atoms. The van der Waals surface area contributed by atoms with Crippen LogP contribution < -0.4 is 15.8 Å². The predicted molar refractivity (Wildman–Crippen MR) is 173 cm³/mol. The number of para-hydroxylation sites is 1. The molecule has 1 aliphatic rings. The third-order valence-electron chi connectivity index (χ3n) is 8.33. The molecule has 1 amide bonds. The molecule has 1 saturated carbocycles. The molecule has 11 nitrogen and oxygen atoms in total. The maximum absolute atomic E-state index is 13.5. The number of nitrogens with two attached hydrogens (primary N) is 1. The van der Waals surface area contributed by atoms with E-state index in [1.165, 1.54) is 6.33 Å². The van der Waals surface area contributed by atoms with Crippen molar-refractivity contribution < 1.29 is 14.1 Å². The average molecular weight is 609 g/mol. The third kappa shape index (κ3) is 6.39. The van der Waals surface area contributed by atoms with Gasteiger partial charge < -0.3 is 20.3 Å². The molecular weight excluding hydrogens is 568 g/mol. The zero-order valence-corrected chi connectivity index (χ0v) is 26.4. The number of aromatic nitrogens is 5. The number of anilines is 1. The number of likely N-dealkylation sites (N-methyl/N-ethyl adjacent to an activating group) is 1. The molecule has 45 heavy (non-hydrogen) atoms. The number of nitrogens with one attached hydrogen (secondary N) is 1. The summed E-state index contributed by atoms with van der Waals surface area (Å²) in [6.07, 6.45) is 4.77. The summed E-state index contributed by atoms with van der Waals surface area (Å²) in [5, 5.41) is 13.3. The first kappa shape index (κ1) is 30.3. The van der Waals surface area contributed by atoms with E-state index in [2.05, 4.69) is 41.2 Å². The van der Waals surface area contributed by atoms with Crippen LogP contribution in [0.15, 0.2) is 71.5 Å². The van der Waals surface area contributed by atoms with E-state index in [9.17, 15) is 4.79 Å². The van der Waals surface area contributed by atoms with Crippen LogP contribution in [-0.4, -0.2) is 55.8 Å². The summed E-state index contributed by atoms with van der Waals surface area (Å²) < 4.78 is 13.5. The molecule has 0 radical (unpaired) electrons. The topological polar surface area (TPSA) is 137 Å². The van der Waals surface area contributed by atoms with E-state index in [-0.39, 0.29) is 23.4 Å². The fourth-order valence-corrected chi connectivity index (χ4v) is 5.91. The summed E-state index contributed by atoms with van der Waals surface area (Å²) >= 11 is 0. The number of carbonyl (C=O) groups is 1. The van der Waals surface area contributed by atoms with Gasteiger partial charge in [0.05, 0.1) is 11.4 Å². The number of nitrogen functional groups attached to an aromatic ring is 1. The highest BCUT2D eigenvalue weighted by atomic mass is 16.5. The number of nitrogens with zero attached hydrogens (tertiary/aromatic N) is 6. The Kier molecular flexibility index (Phi) is 8.28. The van der Waals surface area contributed by atoms with Gasteiger partial charge in [-0.3, -0.25) is 9.69 Å². The van der Waals surface area contributed by atoms with E-state index < -0.39 is 6.04 Å². The Morgan fingerprint density at radius 1 is 1.02 bits per heavy atom. The second kappa shape index (κ2) is 12.3. The lowest BCUT2D eigenvalue weighted by Crippen LogP contribution is -2.44. The van der Waals surface area contributed by atoms with Gasteiger partial charge in [0.1, 0.15) is 46.8 Å². The number of carbonyl (C=O) groups excluding carboxylic acids is 1. The predicted octanol–water partition coefficient (Wildman–Crippen LogP) is 6.06. The summed E-state index contributed by atoms with van der Waals surface area (Å²) in [7, 11) is 3.76. The average Bonchev–Trinajstić information content (AvgIpc) is 3.65. The van der Waals surface area contributed by atoms with E-state index in [0.717, 1.165) is 59.6 Å². The molecule has 11 heteroatoms. The molecule has 3 N–H and O–H groups in total. The molecule has 6 rings (SSSR count). The van der Waals surface area contributed by atoms with Crippen LogP contribution in [0.4, 0.5) is 5.82 Å². The third-order valence-corrected chi connectivity index (χ3v) is 8.33. The zero-order valence-electron chi connectivity index (χ0n) is 26.4. The second-order valence-electron chi connectivity index (χ2n) is 12.9. The standard InChI is InChI=1S/C34H40N8O3/c1-34(2,3)27-19-26(40-45-27)30(41(4)5)33(43)38-22-13-15-23(16-14-22)42-32-28(31(35)36-20-37-32)29(39-42)21-11-17-25(18-12-21)44-24-9-7-6-8-10-24/h6-12,17-20,22-23,30H,13-16H2,1-5H3,(H,38,43)(H2,35,36,37)/t22?,23?,30-/m1/s1. The molecule has 0 saturated heterocycles. The van der Waals surface area contributed by atoms with E-state index in [1.807, 2.05) is 84.3 Å². The van der Waals surface area contributed by atoms with E-state index in [0.29, 0.717) is 17.2 Å². The second-order valence-corrected chi connectivity index (χ2v) is 12.9. The van der Waals surface area contributed by atoms with Gasteiger partial charge in [0, 0.05) is 23.1 Å². The monoisotopic (exact) mass is 608 g/mol. The Morgan fingerprint density at radius 2 is 1.71 bits per heavy atom. The van der Waals surface area contributed by atoms with Crippen LogP contribution in [0.2, 0.25) is 0 Å². The van der Waals surface area contributed by atoms with Crippen molar-refractivity contribution in [2.75, 3.05) is 19.8 Å². The highest BCUT2D eigenvalue weighted by molar-refractivity contribution is 5.98. The van der Waals surface area contributed by atoms with Gasteiger partial charge in [0.2, 0.25) is 5.91 Å². The number of hydrogen-bond acceptors (Lipinski definition) is 9. The summed E-state index contributed by atoms with van der Waals surface area (Å²) in [6, 6.07) is 19.0. The Morgan fingerprint density at radius 3 is 2.36 bits per heavy atom. The molecule has 234 valence electrons. The molecule has 1 fully saturated rings. The van der Waals surface area contributed by atoms with Gasteiger partial charge in [-0.25, -0.2) is 14.6 Å². The van der Waals surface area contributed by atoms with Crippen molar-refractivity contribution in [2.24, 2.45) is 0 Å². The van der Waals surface area contributed by atoms with Gasteiger partial charge in [-0.15, -0.1) is 0 Å². The first-order valence-corrected chi connectivity index (χ1v) is 15.3. The van der Waals surface area contributed by atoms with Crippen molar-refractivity contribution in [3.05, 3.63) is 78.4 Å². The quantitative estimate of drug-likeness (QED) is 0.215. The largest absolute Gasteiger partial charge is 0.457 e. The number of benzene rings is 2. The van der Waals surface area contributed by atoms with Crippen molar-refractivity contribution in [2.45, 2.75) is 70.0 Å². The highest BCUT2D eigenvalue weighted by Crippen LogP contribution is 2.37. The molecule has 3 heterocycles.